The molecule has 0 aromatic rings. The Morgan fingerprint density at radius 2 is 2.06 bits per heavy atom. The maximum atomic E-state index is 11.5. The highest BCUT2D eigenvalue weighted by Gasteiger charge is 2.23. The third-order valence-corrected chi connectivity index (χ3v) is 2.82. The number of rotatable bonds is 8. The molecule has 0 spiro atoms. The first-order chi connectivity index (χ1) is 7.61. The van der Waals surface area contributed by atoms with Gasteiger partial charge in [-0.2, -0.15) is 0 Å². The maximum absolute atomic E-state index is 11.5. The first-order valence-electron chi connectivity index (χ1n) is 6.13. The molecule has 1 amide bonds. The second kappa shape index (κ2) is 6.86. The first kappa shape index (κ1) is 13.5. The van der Waals surface area contributed by atoms with Crippen LogP contribution in [0.4, 0.5) is 0 Å². The topological polar surface area (TPSA) is 50.4 Å². The first-order valence-corrected chi connectivity index (χ1v) is 6.13. The summed E-state index contributed by atoms with van der Waals surface area (Å²) in [5.74, 6) is 0.949. The Hall–Kier alpha value is -0.610. The van der Waals surface area contributed by atoms with Gasteiger partial charge in [0.15, 0.2) is 0 Å². The Balaban J connectivity index is 2.03. The molecule has 1 saturated carbocycles. The van der Waals surface area contributed by atoms with Crippen molar-refractivity contribution in [2.24, 2.45) is 5.92 Å². The van der Waals surface area contributed by atoms with Crippen molar-refractivity contribution in [3.63, 3.8) is 0 Å². The van der Waals surface area contributed by atoms with Crippen LogP contribution in [-0.4, -0.2) is 38.3 Å². The van der Waals surface area contributed by atoms with Crippen LogP contribution in [0.3, 0.4) is 0 Å². The highest BCUT2D eigenvalue weighted by atomic mass is 16.5. The molecule has 4 heteroatoms. The van der Waals surface area contributed by atoms with Crippen LogP contribution in [0.1, 0.15) is 33.1 Å². The predicted octanol–water partition coefficient (Wildman–Crippen LogP) is 0.916. The van der Waals surface area contributed by atoms with Gasteiger partial charge in [-0.15, -0.1) is 0 Å². The van der Waals surface area contributed by atoms with Gasteiger partial charge in [0.05, 0.1) is 13.2 Å². The van der Waals surface area contributed by atoms with E-state index in [0.717, 1.165) is 5.92 Å². The summed E-state index contributed by atoms with van der Waals surface area (Å²) in [6.45, 7) is 5.05. The van der Waals surface area contributed by atoms with Crippen molar-refractivity contribution in [2.45, 2.75) is 45.2 Å². The molecular weight excluding hydrogens is 204 g/mol. The number of ether oxygens (including phenoxy) is 1. The number of amides is 1. The van der Waals surface area contributed by atoms with Gasteiger partial charge in [-0.1, -0.05) is 12.8 Å². The quantitative estimate of drug-likeness (QED) is 0.649. The minimum absolute atomic E-state index is 0.0483. The third kappa shape index (κ3) is 6.08. The van der Waals surface area contributed by atoms with Gasteiger partial charge in [0.1, 0.15) is 0 Å². The molecule has 0 aromatic carbocycles. The summed E-state index contributed by atoms with van der Waals surface area (Å²) in [5.41, 5.74) is 0. The average molecular weight is 228 g/mol. The highest BCUT2D eigenvalue weighted by Crippen LogP contribution is 2.33. The summed E-state index contributed by atoms with van der Waals surface area (Å²) in [7, 11) is 1.64. The van der Waals surface area contributed by atoms with E-state index in [2.05, 4.69) is 17.6 Å². The molecular formula is C12H24N2O2. The van der Waals surface area contributed by atoms with E-state index in [-0.39, 0.29) is 11.9 Å². The van der Waals surface area contributed by atoms with Crippen LogP contribution in [0.2, 0.25) is 0 Å². The number of hydrogen-bond acceptors (Lipinski definition) is 3. The number of carbonyl (C=O) groups is 1. The molecule has 0 aliphatic heterocycles. The largest absolute Gasteiger partial charge is 0.383 e. The van der Waals surface area contributed by atoms with Crippen LogP contribution in [0.5, 0.6) is 0 Å². The standard InChI is InChI=1S/C12H24N2O2/c1-9(6-11-4-5-11)13-7-12(15)14-10(2)8-16-3/h9-11,13H,4-8H2,1-3H3,(H,14,15). The van der Waals surface area contributed by atoms with Gasteiger partial charge in [-0.05, 0) is 26.2 Å². The molecule has 0 aromatic heterocycles. The fourth-order valence-corrected chi connectivity index (χ4v) is 1.82. The van der Waals surface area contributed by atoms with Crippen LogP contribution in [0.25, 0.3) is 0 Å². The van der Waals surface area contributed by atoms with Gasteiger partial charge in [0.2, 0.25) is 5.91 Å². The van der Waals surface area contributed by atoms with E-state index in [0.29, 0.717) is 19.2 Å². The SMILES string of the molecule is COCC(C)NC(=O)CNC(C)CC1CC1. The average Bonchev–Trinajstić information content (AvgIpc) is 2.99. The van der Waals surface area contributed by atoms with E-state index < -0.39 is 0 Å². The summed E-state index contributed by atoms with van der Waals surface area (Å²) in [6, 6.07) is 0.522. The molecule has 1 aliphatic rings. The van der Waals surface area contributed by atoms with Crippen molar-refractivity contribution in [1.29, 1.82) is 0 Å². The molecule has 94 valence electrons. The minimum Gasteiger partial charge on any atom is -0.383 e. The van der Waals surface area contributed by atoms with Crippen LogP contribution < -0.4 is 10.6 Å². The Morgan fingerprint density at radius 1 is 1.38 bits per heavy atom. The lowest BCUT2D eigenvalue weighted by Gasteiger charge is -2.16. The van der Waals surface area contributed by atoms with Gasteiger partial charge in [0, 0.05) is 19.2 Å². The predicted molar refractivity (Wildman–Crippen MR) is 64.3 cm³/mol. The van der Waals surface area contributed by atoms with Crippen molar-refractivity contribution in [3.05, 3.63) is 0 Å². The Morgan fingerprint density at radius 3 is 2.62 bits per heavy atom. The lowest BCUT2D eigenvalue weighted by Crippen LogP contribution is -2.43. The molecule has 0 saturated heterocycles. The fourth-order valence-electron chi connectivity index (χ4n) is 1.82. The molecule has 4 nitrogen and oxygen atoms in total. The Labute approximate surface area is 98.1 Å². The zero-order valence-corrected chi connectivity index (χ0v) is 10.6. The van der Waals surface area contributed by atoms with Crippen molar-refractivity contribution < 1.29 is 9.53 Å². The van der Waals surface area contributed by atoms with Gasteiger partial charge in [-0.25, -0.2) is 0 Å². The van der Waals surface area contributed by atoms with E-state index in [4.69, 9.17) is 4.74 Å². The number of hydrogen-bond donors (Lipinski definition) is 2. The van der Waals surface area contributed by atoms with E-state index in [1.807, 2.05) is 6.92 Å². The van der Waals surface area contributed by atoms with Gasteiger partial charge < -0.3 is 15.4 Å². The summed E-state index contributed by atoms with van der Waals surface area (Å²) in [4.78, 5) is 11.5. The maximum Gasteiger partial charge on any atom is 0.234 e. The van der Waals surface area contributed by atoms with E-state index in [1.54, 1.807) is 7.11 Å². The number of carbonyl (C=O) groups excluding carboxylic acids is 1. The lowest BCUT2D eigenvalue weighted by atomic mass is 10.1. The van der Waals surface area contributed by atoms with Gasteiger partial charge >= 0.3 is 0 Å². The zero-order valence-electron chi connectivity index (χ0n) is 10.6. The van der Waals surface area contributed by atoms with Crippen LogP contribution in [-0.2, 0) is 9.53 Å². The fraction of sp³-hybridized carbons (Fsp3) is 0.917. The smallest absolute Gasteiger partial charge is 0.234 e. The Bertz CT molecular complexity index is 217. The van der Waals surface area contributed by atoms with Crippen LogP contribution in [0, 0.1) is 5.92 Å². The van der Waals surface area contributed by atoms with Crippen molar-refractivity contribution in [3.8, 4) is 0 Å². The van der Waals surface area contributed by atoms with Crippen molar-refractivity contribution in [1.82, 2.24) is 10.6 Å². The van der Waals surface area contributed by atoms with Crippen molar-refractivity contribution >= 4 is 5.91 Å². The second-order valence-corrected chi connectivity index (χ2v) is 4.88. The molecule has 16 heavy (non-hydrogen) atoms. The van der Waals surface area contributed by atoms with E-state index in [9.17, 15) is 4.79 Å². The lowest BCUT2D eigenvalue weighted by molar-refractivity contribution is -0.121. The molecule has 1 rings (SSSR count). The molecule has 0 bridgehead atoms. The van der Waals surface area contributed by atoms with E-state index >= 15 is 0 Å². The minimum atomic E-state index is 0.0483. The normalized spacial score (nSPS) is 19.2. The van der Waals surface area contributed by atoms with E-state index in [1.165, 1.54) is 19.3 Å². The summed E-state index contributed by atoms with van der Waals surface area (Å²) in [5, 5.41) is 6.13. The van der Waals surface area contributed by atoms with Gasteiger partial charge in [0.25, 0.3) is 0 Å². The number of methoxy groups -OCH3 is 1. The highest BCUT2D eigenvalue weighted by molar-refractivity contribution is 5.78. The molecule has 0 heterocycles. The monoisotopic (exact) mass is 228 g/mol. The molecule has 0 radical (unpaired) electrons. The zero-order chi connectivity index (χ0) is 12.0. The molecule has 2 N–H and O–H groups in total. The molecule has 2 atom stereocenters. The Kier molecular flexibility index (Phi) is 5.77. The number of nitrogens with one attached hydrogen (secondary N) is 2. The molecule has 1 aliphatic carbocycles. The summed E-state index contributed by atoms with van der Waals surface area (Å²) in [6.07, 6.45) is 3.92. The second-order valence-electron chi connectivity index (χ2n) is 4.88. The third-order valence-electron chi connectivity index (χ3n) is 2.82. The van der Waals surface area contributed by atoms with Crippen LogP contribution >= 0.6 is 0 Å². The molecule has 2 unspecified atom stereocenters. The summed E-state index contributed by atoms with van der Waals surface area (Å²) < 4.78 is 4.96. The summed E-state index contributed by atoms with van der Waals surface area (Å²) >= 11 is 0. The van der Waals surface area contributed by atoms with Gasteiger partial charge in [-0.3, -0.25) is 4.79 Å². The van der Waals surface area contributed by atoms with Crippen molar-refractivity contribution in [2.75, 3.05) is 20.3 Å². The molecule has 1 fully saturated rings. The van der Waals surface area contributed by atoms with Crippen LogP contribution in [0.15, 0.2) is 0 Å².